The lowest BCUT2D eigenvalue weighted by Crippen LogP contribution is -2.42. The molecule has 1 saturated heterocycles. The van der Waals surface area contributed by atoms with E-state index in [1.807, 2.05) is 0 Å². The molecule has 1 atom stereocenters. The first-order valence-corrected chi connectivity index (χ1v) is 9.33. The Morgan fingerprint density at radius 1 is 1.13 bits per heavy atom. The highest BCUT2D eigenvalue weighted by atomic mass is 79.9. The normalized spacial score (nSPS) is 18.9. The van der Waals surface area contributed by atoms with Crippen molar-refractivity contribution >= 4 is 39.5 Å². The van der Waals surface area contributed by atoms with Gasteiger partial charge in [0.1, 0.15) is 17.8 Å². The molecule has 0 radical (unpaired) electrons. The van der Waals surface area contributed by atoms with Crippen molar-refractivity contribution in [2.75, 3.05) is 11.9 Å². The molecule has 0 saturated carbocycles. The Kier molecular flexibility index (Phi) is 5.75. The van der Waals surface area contributed by atoms with Crippen molar-refractivity contribution in [3.05, 3.63) is 58.6 Å². The number of halogens is 4. The number of imide groups is 1. The van der Waals surface area contributed by atoms with E-state index in [1.165, 1.54) is 19.1 Å². The predicted octanol–water partition coefficient (Wildman–Crippen LogP) is 3.75. The molecule has 30 heavy (non-hydrogen) atoms. The Labute approximate surface area is 177 Å². The number of rotatable bonds is 5. The van der Waals surface area contributed by atoms with Crippen LogP contribution in [0.4, 0.5) is 23.7 Å². The first-order chi connectivity index (χ1) is 14.0. The van der Waals surface area contributed by atoms with Crippen LogP contribution in [-0.2, 0) is 15.1 Å². The minimum absolute atomic E-state index is 0.242. The van der Waals surface area contributed by atoms with Gasteiger partial charge in [-0.1, -0.05) is 28.1 Å². The summed E-state index contributed by atoms with van der Waals surface area (Å²) < 4.78 is 41.5. The lowest BCUT2D eigenvalue weighted by molar-refractivity contribution is -0.274. The average Bonchev–Trinajstić information content (AvgIpc) is 2.87. The number of hydrogen-bond acceptors (Lipinski definition) is 4. The van der Waals surface area contributed by atoms with E-state index in [-0.39, 0.29) is 5.56 Å². The third kappa shape index (κ3) is 4.73. The number of anilines is 1. The molecule has 1 heterocycles. The maximum Gasteiger partial charge on any atom is 0.573 e. The van der Waals surface area contributed by atoms with Gasteiger partial charge in [-0.15, -0.1) is 13.2 Å². The SMILES string of the molecule is CC1(c2ccc(OC(F)(F)F)cc2)NC(=O)N(CC(=O)Nc2ccc(Br)cc2)C1=O. The average molecular weight is 486 g/mol. The Hall–Kier alpha value is -3.08. The lowest BCUT2D eigenvalue weighted by Gasteiger charge is -2.22. The van der Waals surface area contributed by atoms with Crippen LogP contribution in [0.5, 0.6) is 5.75 Å². The third-order valence-corrected chi connectivity index (χ3v) is 4.90. The second-order valence-electron chi connectivity index (χ2n) is 6.57. The van der Waals surface area contributed by atoms with E-state index in [2.05, 4.69) is 31.3 Å². The number of urea groups is 1. The zero-order valence-electron chi connectivity index (χ0n) is 15.4. The molecule has 158 valence electrons. The number of carbonyl (C=O) groups is 3. The molecule has 0 aromatic heterocycles. The number of benzene rings is 2. The first-order valence-electron chi connectivity index (χ1n) is 8.54. The molecule has 11 heteroatoms. The molecule has 0 bridgehead atoms. The molecular weight excluding hydrogens is 471 g/mol. The monoisotopic (exact) mass is 485 g/mol. The minimum Gasteiger partial charge on any atom is -0.406 e. The Morgan fingerprint density at radius 3 is 2.30 bits per heavy atom. The summed E-state index contributed by atoms with van der Waals surface area (Å²) in [7, 11) is 0. The highest BCUT2D eigenvalue weighted by molar-refractivity contribution is 9.10. The molecule has 2 N–H and O–H groups in total. The van der Waals surface area contributed by atoms with Crippen LogP contribution < -0.4 is 15.4 Å². The fraction of sp³-hybridized carbons (Fsp3) is 0.211. The number of ether oxygens (including phenoxy) is 1. The van der Waals surface area contributed by atoms with Crippen LogP contribution in [0.25, 0.3) is 0 Å². The number of nitrogens with one attached hydrogen (secondary N) is 2. The van der Waals surface area contributed by atoms with Crippen molar-refractivity contribution in [1.29, 1.82) is 0 Å². The second-order valence-corrected chi connectivity index (χ2v) is 7.49. The zero-order valence-corrected chi connectivity index (χ0v) is 17.0. The third-order valence-electron chi connectivity index (χ3n) is 4.37. The fourth-order valence-electron chi connectivity index (χ4n) is 2.90. The van der Waals surface area contributed by atoms with Gasteiger partial charge >= 0.3 is 12.4 Å². The Morgan fingerprint density at radius 2 is 1.73 bits per heavy atom. The molecule has 1 aliphatic rings. The van der Waals surface area contributed by atoms with E-state index in [0.717, 1.165) is 21.5 Å². The summed E-state index contributed by atoms with van der Waals surface area (Å²) in [4.78, 5) is 38.1. The van der Waals surface area contributed by atoms with Gasteiger partial charge in [0.05, 0.1) is 0 Å². The molecule has 1 unspecified atom stereocenters. The second kappa shape index (κ2) is 7.98. The maximum absolute atomic E-state index is 12.8. The van der Waals surface area contributed by atoms with E-state index in [0.29, 0.717) is 5.69 Å². The van der Waals surface area contributed by atoms with Crippen molar-refractivity contribution < 1.29 is 32.3 Å². The molecular formula is C19H15BrF3N3O4. The molecule has 0 spiro atoms. The Balaban J connectivity index is 1.71. The number of hydrogen-bond donors (Lipinski definition) is 2. The minimum atomic E-state index is -4.85. The molecule has 1 fully saturated rings. The number of carbonyl (C=O) groups excluding carboxylic acids is 3. The molecule has 2 aromatic carbocycles. The summed E-state index contributed by atoms with van der Waals surface area (Å²) in [6.45, 7) is 0.880. The van der Waals surface area contributed by atoms with Gasteiger partial charge in [0.25, 0.3) is 5.91 Å². The van der Waals surface area contributed by atoms with Crippen molar-refractivity contribution in [2.45, 2.75) is 18.8 Å². The van der Waals surface area contributed by atoms with E-state index in [9.17, 15) is 27.6 Å². The quantitative estimate of drug-likeness (QED) is 0.631. The lowest BCUT2D eigenvalue weighted by atomic mass is 9.92. The van der Waals surface area contributed by atoms with Crippen LogP contribution in [-0.4, -0.2) is 35.7 Å². The summed E-state index contributed by atoms with van der Waals surface area (Å²) >= 11 is 3.27. The van der Waals surface area contributed by atoms with Crippen LogP contribution >= 0.6 is 15.9 Å². The Bertz CT molecular complexity index is 980. The van der Waals surface area contributed by atoms with Gasteiger partial charge in [-0.25, -0.2) is 4.79 Å². The standard InChI is InChI=1S/C19H15BrF3N3O4/c1-18(11-2-8-14(9-3-11)30-19(21,22)23)16(28)26(17(29)25-18)10-15(27)24-13-6-4-12(20)5-7-13/h2-9H,10H2,1H3,(H,24,27)(H,25,29). The van der Waals surface area contributed by atoms with Gasteiger partial charge < -0.3 is 15.4 Å². The van der Waals surface area contributed by atoms with Gasteiger partial charge in [0.2, 0.25) is 5.91 Å². The molecule has 2 aromatic rings. The smallest absolute Gasteiger partial charge is 0.406 e. The van der Waals surface area contributed by atoms with Crippen molar-refractivity contribution in [3.63, 3.8) is 0 Å². The van der Waals surface area contributed by atoms with Gasteiger partial charge in [-0.3, -0.25) is 14.5 Å². The van der Waals surface area contributed by atoms with Gasteiger partial charge in [-0.2, -0.15) is 0 Å². The summed E-state index contributed by atoms with van der Waals surface area (Å²) in [6, 6.07) is 10.5. The van der Waals surface area contributed by atoms with E-state index < -0.39 is 42.0 Å². The number of amides is 4. The van der Waals surface area contributed by atoms with Gasteiger partial charge in [0, 0.05) is 10.2 Å². The predicted molar refractivity (Wildman–Crippen MR) is 103 cm³/mol. The molecule has 7 nitrogen and oxygen atoms in total. The molecule has 3 rings (SSSR count). The largest absolute Gasteiger partial charge is 0.573 e. The summed E-state index contributed by atoms with van der Waals surface area (Å²) in [5.74, 6) is -1.75. The van der Waals surface area contributed by atoms with Crippen LogP contribution in [0, 0.1) is 0 Å². The van der Waals surface area contributed by atoms with E-state index >= 15 is 0 Å². The van der Waals surface area contributed by atoms with Gasteiger partial charge in [-0.05, 0) is 48.9 Å². The van der Waals surface area contributed by atoms with Crippen LogP contribution in [0.2, 0.25) is 0 Å². The highest BCUT2D eigenvalue weighted by Gasteiger charge is 2.49. The zero-order chi connectivity index (χ0) is 22.1. The van der Waals surface area contributed by atoms with Crippen molar-refractivity contribution in [1.82, 2.24) is 10.2 Å². The van der Waals surface area contributed by atoms with Crippen LogP contribution in [0.1, 0.15) is 12.5 Å². The van der Waals surface area contributed by atoms with Crippen LogP contribution in [0.3, 0.4) is 0 Å². The molecule has 4 amide bonds. The van der Waals surface area contributed by atoms with E-state index in [4.69, 9.17) is 0 Å². The van der Waals surface area contributed by atoms with E-state index in [1.54, 1.807) is 24.3 Å². The van der Waals surface area contributed by atoms with Gasteiger partial charge in [0.15, 0.2) is 0 Å². The maximum atomic E-state index is 12.8. The van der Waals surface area contributed by atoms with Crippen molar-refractivity contribution in [3.8, 4) is 5.75 Å². The van der Waals surface area contributed by atoms with Crippen LogP contribution in [0.15, 0.2) is 53.0 Å². The summed E-state index contributed by atoms with van der Waals surface area (Å²) in [5.41, 5.74) is -0.810. The summed E-state index contributed by atoms with van der Waals surface area (Å²) in [6.07, 6.45) is -4.85. The fourth-order valence-corrected chi connectivity index (χ4v) is 3.17. The molecule has 1 aliphatic heterocycles. The highest BCUT2D eigenvalue weighted by Crippen LogP contribution is 2.31. The first kappa shape index (κ1) is 21.6. The summed E-state index contributed by atoms with van der Waals surface area (Å²) in [5, 5.41) is 5.06. The molecule has 0 aliphatic carbocycles. The van der Waals surface area contributed by atoms with Crippen molar-refractivity contribution in [2.24, 2.45) is 0 Å². The topological polar surface area (TPSA) is 87.7 Å². The number of alkyl halides is 3. The number of nitrogens with zero attached hydrogens (tertiary/aromatic N) is 1.